The summed E-state index contributed by atoms with van der Waals surface area (Å²) in [5.74, 6) is -1.13. The number of urea groups is 1. The Balaban J connectivity index is 2.23. The van der Waals surface area contributed by atoms with Crippen molar-refractivity contribution in [1.82, 2.24) is 10.2 Å². The summed E-state index contributed by atoms with van der Waals surface area (Å²) in [5.41, 5.74) is -0.195. The Hall–Kier alpha value is -2.97. The van der Waals surface area contributed by atoms with Crippen molar-refractivity contribution in [3.05, 3.63) is 33.9 Å². The Morgan fingerprint density at radius 2 is 1.94 bits per heavy atom. The molecule has 1 fully saturated rings. The van der Waals surface area contributed by atoms with Gasteiger partial charge in [-0.3, -0.25) is 29.9 Å². The zero-order valence-electron chi connectivity index (χ0n) is 18.5. The second kappa shape index (κ2) is 8.64. The van der Waals surface area contributed by atoms with Gasteiger partial charge in [0, 0.05) is 36.8 Å². The number of carbonyl (C=O) groups is 3. The number of non-ortho nitro benzene ring substituents is 1. The number of nitrogens with zero attached hydrogens (tertiary/aromatic N) is 3. The minimum absolute atomic E-state index is 0.0263. The van der Waals surface area contributed by atoms with Gasteiger partial charge in [0.15, 0.2) is 5.41 Å². The van der Waals surface area contributed by atoms with Gasteiger partial charge in [-0.2, -0.15) is 0 Å². The number of rotatable bonds is 7. The number of carbonyl (C=O) groups excluding carboxylic acids is 3. The molecular formula is C22H30N4O5. The van der Waals surface area contributed by atoms with E-state index >= 15 is 0 Å². The molecule has 9 heteroatoms. The van der Waals surface area contributed by atoms with E-state index < -0.39 is 40.3 Å². The lowest BCUT2D eigenvalue weighted by atomic mass is 9.67. The van der Waals surface area contributed by atoms with E-state index in [1.807, 2.05) is 6.92 Å². The summed E-state index contributed by atoms with van der Waals surface area (Å²) in [6.07, 6.45) is 3.11. The van der Waals surface area contributed by atoms with Crippen LogP contribution in [0.4, 0.5) is 16.2 Å². The summed E-state index contributed by atoms with van der Waals surface area (Å²) in [5, 5.41) is 13.8. The van der Waals surface area contributed by atoms with Crippen molar-refractivity contribution in [2.24, 2.45) is 5.41 Å². The first kappa shape index (κ1) is 22.7. The Morgan fingerprint density at radius 1 is 1.23 bits per heavy atom. The molecule has 1 aromatic rings. The van der Waals surface area contributed by atoms with Crippen LogP contribution < -0.4 is 10.2 Å². The molecule has 31 heavy (non-hydrogen) atoms. The Labute approximate surface area is 181 Å². The first-order valence-corrected chi connectivity index (χ1v) is 10.9. The molecule has 0 aliphatic carbocycles. The monoisotopic (exact) mass is 430 g/mol. The molecule has 2 aliphatic rings. The normalized spacial score (nSPS) is 23.4. The zero-order chi connectivity index (χ0) is 22.9. The Kier molecular flexibility index (Phi) is 6.33. The van der Waals surface area contributed by atoms with Crippen LogP contribution in [-0.2, 0) is 16.0 Å². The van der Waals surface area contributed by atoms with Gasteiger partial charge in [-0.1, -0.05) is 26.7 Å². The fraction of sp³-hybridized carbons (Fsp3) is 0.591. The average Bonchev–Trinajstić information content (AvgIpc) is 2.70. The van der Waals surface area contributed by atoms with Crippen LogP contribution in [0.5, 0.6) is 0 Å². The number of amides is 4. The highest BCUT2D eigenvalue weighted by atomic mass is 16.6. The Bertz CT molecular complexity index is 915. The maximum absolute atomic E-state index is 13.8. The molecule has 4 amide bonds. The smallest absolute Gasteiger partial charge is 0.331 e. The van der Waals surface area contributed by atoms with Gasteiger partial charge in [-0.25, -0.2) is 4.79 Å². The van der Waals surface area contributed by atoms with Gasteiger partial charge < -0.3 is 4.90 Å². The molecule has 2 heterocycles. The van der Waals surface area contributed by atoms with Crippen LogP contribution >= 0.6 is 0 Å². The minimum Gasteiger partial charge on any atom is -0.367 e. The molecule has 0 radical (unpaired) electrons. The quantitative estimate of drug-likeness (QED) is 0.403. The average molecular weight is 431 g/mol. The van der Waals surface area contributed by atoms with Gasteiger partial charge in [-0.15, -0.1) is 0 Å². The zero-order valence-corrected chi connectivity index (χ0v) is 18.5. The van der Waals surface area contributed by atoms with Crippen molar-refractivity contribution in [2.75, 3.05) is 11.4 Å². The van der Waals surface area contributed by atoms with E-state index in [4.69, 9.17) is 0 Å². The first-order valence-electron chi connectivity index (χ1n) is 10.9. The van der Waals surface area contributed by atoms with Gasteiger partial charge >= 0.3 is 6.03 Å². The number of nitro benzene ring substituents is 1. The molecule has 3 rings (SSSR count). The number of imide groups is 2. The number of hydrogen-bond acceptors (Lipinski definition) is 6. The number of fused-ring (bicyclic) bond motifs is 1. The molecule has 2 atom stereocenters. The van der Waals surface area contributed by atoms with Crippen molar-refractivity contribution in [3.63, 3.8) is 0 Å². The molecule has 1 spiro atoms. The number of benzene rings is 1. The van der Waals surface area contributed by atoms with E-state index in [1.54, 1.807) is 19.9 Å². The second-order valence-corrected chi connectivity index (χ2v) is 8.60. The fourth-order valence-corrected chi connectivity index (χ4v) is 4.83. The van der Waals surface area contributed by atoms with Gasteiger partial charge in [0.1, 0.15) is 0 Å². The molecule has 2 aliphatic heterocycles. The first-order chi connectivity index (χ1) is 14.7. The molecule has 9 nitrogen and oxygen atoms in total. The molecule has 1 N–H and O–H groups in total. The van der Waals surface area contributed by atoms with E-state index in [0.717, 1.165) is 29.8 Å². The topological polar surface area (TPSA) is 113 Å². The third-order valence-electron chi connectivity index (χ3n) is 6.27. The predicted octanol–water partition coefficient (Wildman–Crippen LogP) is 3.40. The highest BCUT2D eigenvalue weighted by Crippen LogP contribution is 2.47. The fourth-order valence-electron chi connectivity index (χ4n) is 4.83. The Morgan fingerprint density at radius 3 is 2.52 bits per heavy atom. The third kappa shape index (κ3) is 3.66. The van der Waals surface area contributed by atoms with Crippen LogP contribution in [0, 0.1) is 15.5 Å². The van der Waals surface area contributed by atoms with Crippen molar-refractivity contribution in [3.8, 4) is 0 Å². The minimum atomic E-state index is -1.51. The van der Waals surface area contributed by atoms with E-state index in [0.29, 0.717) is 18.5 Å². The summed E-state index contributed by atoms with van der Waals surface area (Å²) < 4.78 is 0. The lowest BCUT2D eigenvalue weighted by Crippen LogP contribution is -2.73. The van der Waals surface area contributed by atoms with E-state index in [1.165, 1.54) is 12.1 Å². The van der Waals surface area contributed by atoms with Gasteiger partial charge in [0.25, 0.3) is 5.69 Å². The van der Waals surface area contributed by atoms with Crippen LogP contribution in [0.25, 0.3) is 0 Å². The van der Waals surface area contributed by atoms with E-state index in [-0.39, 0.29) is 12.1 Å². The largest absolute Gasteiger partial charge is 0.367 e. The summed E-state index contributed by atoms with van der Waals surface area (Å²) in [4.78, 5) is 53.7. The highest BCUT2D eigenvalue weighted by molar-refractivity contribution is 6.20. The molecule has 168 valence electrons. The number of nitrogens with one attached hydrogen (secondary N) is 1. The molecule has 1 aromatic carbocycles. The van der Waals surface area contributed by atoms with Crippen molar-refractivity contribution in [1.29, 1.82) is 0 Å². The van der Waals surface area contributed by atoms with Crippen LogP contribution in [0.2, 0.25) is 0 Å². The summed E-state index contributed by atoms with van der Waals surface area (Å²) >= 11 is 0. The predicted molar refractivity (Wildman–Crippen MR) is 116 cm³/mol. The van der Waals surface area contributed by atoms with Crippen molar-refractivity contribution >= 4 is 29.2 Å². The van der Waals surface area contributed by atoms with Crippen LogP contribution in [-0.4, -0.2) is 46.3 Å². The molecular weight excluding hydrogens is 400 g/mol. The van der Waals surface area contributed by atoms with Gasteiger partial charge in [-0.05, 0) is 38.3 Å². The summed E-state index contributed by atoms with van der Waals surface area (Å²) in [6.45, 7) is 8.12. The van der Waals surface area contributed by atoms with Crippen molar-refractivity contribution < 1.29 is 19.3 Å². The van der Waals surface area contributed by atoms with Crippen LogP contribution in [0.3, 0.4) is 0 Å². The number of hydrogen-bond donors (Lipinski definition) is 1. The number of unbranched alkanes of at least 4 members (excludes halogenated alkanes) is 1. The van der Waals surface area contributed by atoms with Crippen LogP contribution in [0.15, 0.2) is 18.2 Å². The lowest BCUT2D eigenvalue weighted by molar-refractivity contribution is -0.384. The standard InChI is InChI=1S/C22H30N4O5/c1-5-7-11-24-17-10-9-16(26(30)31)12-15(17)13-22(18(24)8-6-2)19(27)23-21(29)25(14(3)4)20(22)28/h9-10,12,14,18H,5-8,11,13H2,1-4H3,(H,23,27,29)/t18-,22+/m1/s1. The molecule has 0 bridgehead atoms. The number of nitro groups is 1. The molecule has 0 saturated carbocycles. The molecule has 0 aromatic heterocycles. The lowest BCUT2D eigenvalue weighted by Gasteiger charge is -2.52. The summed E-state index contributed by atoms with van der Waals surface area (Å²) in [6, 6.07) is 3.06. The molecule has 0 unspecified atom stereocenters. The van der Waals surface area contributed by atoms with Gasteiger partial charge in [0.05, 0.1) is 11.0 Å². The van der Waals surface area contributed by atoms with Crippen molar-refractivity contribution in [2.45, 2.75) is 71.9 Å². The number of barbiturate groups is 1. The third-order valence-corrected chi connectivity index (χ3v) is 6.27. The maximum Gasteiger partial charge on any atom is 0.331 e. The number of anilines is 1. The SMILES string of the molecule is CCCCN1c2ccc([N+](=O)[O-])cc2C[C@@]2(C(=O)NC(=O)N(C(C)C)C2=O)[C@H]1CCC. The van der Waals surface area contributed by atoms with Gasteiger partial charge in [0.2, 0.25) is 11.8 Å². The second-order valence-electron chi connectivity index (χ2n) is 8.60. The van der Waals surface area contributed by atoms with Crippen LogP contribution in [0.1, 0.15) is 58.9 Å². The van der Waals surface area contributed by atoms with E-state index in [9.17, 15) is 24.5 Å². The maximum atomic E-state index is 13.8. The summed E-state index contributed by atoms with van der Waals surface area (Å²) in [7, 11) is 0. The molecule has 1 saturated heterocycles. The highest BCUT2D eigenvalue weighted by Gasteiger charge is 2.62. The van der Waals surface area contributed by atoms with E-state index in [2.05, 4.69) is 17.1 Å².